The molecular weight excluding hydrogens is 300 g/mol. The highest BCUT2D eigenvalue weighted by Crippen LogP contribution is 2.33. The van der Waals surface area contributed by atoms with E-state index in [0.29, 0.717) is 0 Å². The topological polar surface area (TPSA) is 44.2 Å². The predicted octanol–water partition coefficient (Wildman–Crippen LogP) is 3.57. The first-order chi connectivity index (χ1) is 9.26. The maximum atomic E-state index is 5.35. The number of hydrogen-bond donors (Lipinski definition) is 0. The molecule has 1 heterocycles. The molecule has 19 heavy (non-hydrogen) atoms. The van der Waals surface area contributed by atoms with Crippen LogP contribution in [0.25, 0.3) is 0 Å². The highest BCUT2D eigenvalue weighted by atomic mass is 32.2. The molecule has 0 atom stereocenters. The van der Waals surface area contributed by atoms with Crippen molar-refractivity contribution >= 4 is 34.9 Å². The lowest BCUT2D eigenvalue weighted by Gasteiger charge is -2.09. The molecule has 1 aromatic heterocycles. The lowest BCUT2D eigenvalue weighted by atomic mass is 10.2. The molecule has 0 amide bonds. The van der Waals surface area contributed by atoms with E-state index in [9.17, 15) is 0 Å². The molecule has 0 saturated heterocycles. The smallest absolute Gasteiger partial charge is 0.175 e. The summed E-state index contributed by atoms with van der Waals surface area (Å²) < 4.78 is 12.5. The molecule has 0 radical (unpaired) electrons. The monoisotopic (exact) mass is 314 g/mol. The molecule has 4 nitrogen and oxygen atoms in total. The molecule has 1 aromatic carbocycles. The van der Waals surface area contributed by atoms with Gasteiger partial charge in [0.15, 0.2) is 8.68 Å². The molecule has 0 bridgehead atoms. The van der Waals surface area contributed by atoms with Crippen LogP contribution in [0.5, 0.6) is 11.5 Å². The molecule has 7 heteroatoms. The zero-order chi connectivity index (χ0) is 13.7. The van der Waals surface area contributed by atoms with E-state index in [-0.39, 0.29) is 0 Å². The lowest BCUT2D eigenvalue weighted by molar-refractivity contribution is 0.400. The van der Waals surface area contributed by atoms with Gasteiger partial charge in [-0.2, -0.15) is 0 Å². The van der Waals surface area contributed by atoms with Gasteiger partial charge in [0, 0.05) is 11.3 Å². The van der Waals surface area contributed by atoms with Gasteiger partial charge in [0.1, 0.15) is 11.5 Å². The van der Waals surface area contributed by atoms with Crippen LogP contribution in [-0.4, -0.2) is 30.7 Å². The number of benzene rings is 1. The molecule has 0 spiro atoms. The first kappa shape index (κ1) is 14.5. The minimum absolute atomic E-state index is 0.781. The normalized spacial score (nSPS) is 10.5. The van der Waals surface area contributed by atoms with Crippen molar-refractivity contribution in [1.29, 1.82) is 0 Å². The maximum Gasteiger partial charge on any atom is 0.175 e. The summed E-state index contributed by atoms with van der Waals surface area (Å²) >= 11 is 4.87. The molecule has 0 fully saturated rings. The van der Waals surface area contributed by atoms with Gasteiger partial charge in [-0.25, -0.2) is 0 Å². The molecule has 0 aliphatic carbocycles. The van der Waals surface area contributed by atoms with Crippen molar-refractivity contribution in [3.8, 4) is 11.5 Å². The second-order valence-corrected chi connectivity index (χ2v) is 6.76. The van der Waals surface area contributed by atoms with E-state index in [4.69, 9.17) is 9.47 Å². The van der Waals surface area contributed by atoms with Gasteiger partial charge in [0.05, 0.1) is 14.2 Å². The molecule has 102 valence electrons. The fourth-order valence-corrected chi connectivity index (χ4v) is 3.89. The number of nitrogens with zero attached hydrogens (tertiary/aromatic N) is 2. The number of ether oxygens (including phenoxy) is 2. The molecule has 0 N–H and O–H groups in total. The van der Waals surface area contributed by atoms with Crippen molar-refractivity contribution < 1.29 is 9.47 Å². The Morgan fingerprint density at radius 2 is 1.95 bits per heavy atom. The Labute approximate surface area is 124 Å². The fourth-order valence-electron chi connectivity index (χ4n) is 1.47. The van der Waals surface area contributed by atoms with Gasteiger partial charge in [-0.3, -0.25) is 0 Å². The van der Waals surface area contributed by atoms with E-state index in [1.54, 1.807) is 49.1 Å². The Morgan fingerprint density at radius 1 is 1.16 bits per heavy atom. The van der Waals surface area contributed by atoms with Gasteiger partial charge in [0.25, 0.3) is 0 Å². The second kappa shape index (κ2) is 7.02. The highest BCUT2D eigenvalue weighted by molar-refractivity contribution is 8.02. The van der Waals surface area contributed by atoms with Crippen LogP contribution in [-0.2, 0) is 5.75 Å². The summed E-state index contributed by atoms with van der Waals surface area (Å²) in [4.78, 5) is 0. The van der Waals surface area contributed by atoms with Crippen molar-refractivity contribution in [2.24, 2.45) is 0 Å². The van der Waals surface area contributed by atoms with Gasteiger partial charge >= 0.3 is 0 Å². The van der Waals surface area contributed by atoms with E-state index >= 15 is 0 Å². The van der Waals surface area contributed by atoms with Gasteiger partial charge in [0.2, 0.25) is 0 Å². The Hall–Kier alpha value is -0.920. The van der Waals surface area contributed by atoms with Crippen molar-refractivity contribution in [3.05, 3.63) is 23.8 Å². The summed E-state index contributed by atoms with van der Waals surface area (Å²) in [6.45, 7) is 0. The fraction of sp³-hybridized carbons (Fsp3) is 0.333. The van der Waals surface area contributed by atoms with Crippen LogP contribution in [0.3, 0.4) is 0 Å². The molecule has 0 aliphatic rings. The van der Waals surface area contributed by atoms with Crippen LogP contribution in [0.15, 0.2) is 26.9 Å². The van der Waals surface area contributed by atoms with Crippen LogP contribution >= 0.6 is 34.9 Å². The van der Waals surface area contributed by atoms with E-state index in [0.717, 1.165) is 31.5 Å². The Bertz CT molecular complexity index is 546. The van der Waals surface area contributed by atoms with Crippen LogP contribution < -0.4 is 9.47 Å². The average molecular weight is 314 g/mol. The average Bonchev–Trinajstić information content (AvgIpc) is 2.92. The summed E-state index contributed by atoms with van der Waals surface area (Å²) in [5.74, 6) is 2.48. The quantitative estimate of drug-likeness (QED) is 0.760. The van der Waals surface area contributed by atoms with Crippen LogP contribution in [0.2, 0.25) is 0 Å². The van der Waals surface area contributed by atoms with Crippen LogP contribution in [0, 0.1) is 0 Å². The maximum absolute atomic E-state index is 5.35. The van der Waals surface area contributed by atoms with E-state index in [1.807, 2.05) is 24.5 Å². The Kier molecular flexibility index (Phi) is 5.35. The van der Waals surface area contributed by atoms with E-state index in [1.165, 1.54) is 0 Å². The third-order valence-electron chi connectivity index (χ3n) is 2.40. The van der Waals surface area contributed by atoms with Crippen LogP contribution in [0.4, 0.5) is 0 Å². The van der Waals surface area contributed by atoms with Crippen molar-refractivity contribution in [1.82, 2.24) is 10.2 Å². The summed E-state index contributed by atoms with van der Waals surface area (Å²) in [5, 5.41) is 8.22. The number of rotatable bonds is 6. The van der Waals surface area contributed by atoms with Crippen molar-refractivity contribution in [3.63, 3.8) is 0 Å². The molecule has 0 aliphatic heterocycles. The van der Waals surface area contributed by atoms with E-state index in [2.05, 4.69) is 10.2 Å². The first-order valence-corrected chi connectivity index (χ1v) is 8.50. The lowest BCUT2D eigenvalue weighted by Crippen LogP contribution is -1.92. The van der Waals surface area contributed by atoms with Gasteiger partial charge in [-0.05, 0) is 24.5 Å². The zero-order valence-corrected chi connectivity index (χ0v) is 13.3. The highest BCUT2D eigenvalue weighted by Gasteiger charge is 2.08. The predicted molar refractivity (Wildman–Crippen MR) is 80.8 cm³/mol. The number of aromatic nitrogens is 2. The summed E-state index contributed by atoms with van der Waals surface area (Å²) in [6, 6.07) is 5.80. The Balaban J connectivity index is 2.09. The minimum atomic E-state index is 0.781. The molecular formula is C12H14N2O2S3. The van der Waals surface area contributed by atoms with Gasteiger partial charge in [-0.15, -0.1) is 10.2 Å². The van der Waals surface area contributed by atoms with E-state index < -0.39 is 0 Å². The zero-order valence-electron chi connectivity index (χ0n) is 10.9. The summed E-state index contributed by atoms with van der Waals surface area (Å²) in [5.41, 5.74) is 1.09. The standard InChI is InChI=1S/C12H14N2O2S3/c1-15-9-4-5-10(16-2)8(6-9)7-18-12-14-13-11(17-3)19-12/h4-6H,7H2,1-3H3. The molecule has 0 saturated carbocycles. The number of hydrogen-bond acceptors (Lipinski definition) is 7. The second-order valence-electron chi connectivity index (χ2n) is 3.50. The molecule has 2 aromatic rings. The summed E-state index contributed by atoms with van der Waals surface area (Å²) in [7, 11) is 3.33. The molecule has 2 rings (SSSR count). The summed E-state index contributed by atoms with van der Waals surface area (Å²) in [6.07, 6.45) is 2.00. The minimum Gasteiger partial charge on any atom is -0.497 e. The third-order valence-corrected chi connectivity index (χ3v) is 5.48. The SMILES string of the molecule is COc1ccc(OC)c(CSc2nnc(SC)s2)c1. The number of thioether (sulfide) groups is 2. The first-order valence-electron chi connectivity index (χ1n) is 5.48. The van der Waals surface area contributed by atoms with Gasteiger partial charge < -0.3 is 9.47 Å². The van der Waals surface area contributed by atoms with Gasteiger partial charge in [-0.1, -0.05) is 34.9 Å². The largest absolute Gasteiger partial charge is 0.497 e. The van der Waals surface area contributed by atoms with Crippen LogP contribution in [0.1, 0.15) is 5.56 Å². The van der Waals surface area contributed by atoms with Crippen molar-refractivity contribution in [2.45, 2.75) is 14.4 Å². The number of methoxy groups -OCH3 is 2. The van der Waals surface area contributed by atoms with Crippen molar-refractivity contribution in [2.75, 3.05) is 20.5 Å². The molecule has 0 unspecified atom stereocenters. The third kappa shape index (κ3) is 3.77. The Morgan fingerprint density at radius 3 is 2.58 bits per heavy atom.